The van der Waals surface area contributed by atoms with Crippen molar-refractivity contribution in [3.63, 3.8) is 0 Å². The molecule has 1 aliphatic rings. The van der Waals surface area contributed by atoms with Gasteiger partial charge < -0.3 is 4.74 Å². The second-order valence-corrected chi connectivity index (χ2v) is 6.68. The summed E-state index contributed by atoms with van der Waals surface area (Å²) in [7, 11) is 0. The van der Waals surface area contributed by atoms with Crippen LogP contribution in [0.5, 0.6) is 0 Å². The Morgan fingerprint density at radius 1 is 1.17 bits per heavy atom. The topological polar surface area (TPSA) is 43.4 Å². The van der Waals surface area contributed by atoms with Gasteiger partial charge in [0.05, 0.1) is 0 Å². The molecule has 0 radical (unpaired) electrons. The zero-order valence-corrected chi connectivity index (χ0v) is 15.0. The van der Waals surface area contributed by atoms with Crippen molar-refractivity contribution < 1.29 is 14.3 Å². The molecule has 0 spiro atoms. The molecule has 23 heavy (non-hydrogen) atoms. The molecule has 0 aliphatic heterocycles. The second-order valence-electron chi connectivity index (χ2n) is 6.68. The summed E-state index contributed by atoms with van der Waals surface area (Å²) >= 11 is 0. The smallest absolute Gasteiger partial charge is 0.306 e. The van der Waals surface area contributed by atoms with E-state index in [0.29, 0.717) is 18.6 Å². The van der Waals surface area contributed by atoms with Crippen LogP contribution in [0.15, 0.2) is 12.2 Å². The predicted molar refractivity (Wildman–Crippen MR) is 94.3 cm³/mol. The molecule has 0 aromatic carbocycles. The van der Waals surface area contributed by atoms with E-state index in [-0.39, 0.29) is 18.0 Å². The first-order valence-corrected chi connectivity index (χ1v) is 9.57. The SMILES string of the molecule is CCCCCCC(=O)OC(C=CC1CCCC1=O)CCCCC. The van der Waals surface area contributed by atoms with E-state index in [4.69, 9.17) is 4.74 Å². The van der Waals surface area contributed by atoms with Crippen LogP contribution in [-0.2, 0) is 14.3 Å². The Morgan fingerprint density at radius 3 is 2.57 bits per heavy atom. The number of rotatable bonds is 12. The van der Waals surface area contributed by atoms with Gasteiger partial charge in [-0.2, -0.15) is 0 Å². The molecule has 0 bridgehead atoms. The van der Waals surface area contributed by atoms with Gasteiger partial charge >= 0.3 is 5.97 Å². The molecule has 0 N–H and O–H groups in total. The Kier molecular flexibility index (Phi) is 10.7. The highest BCUT2D eigenvalue weighted by Gasteiger charge is 2.22. The van der Waals surface area contributed by atoms with E-state index in [2.05, 4.69) is 13.8 Å². The van der Waals surface area contributed by atoms with Gasteiger partial charge in [-0.3, -0.25) is 9.59 Å². The number of allylic oxidation sites excluding steroid dienone is 1. The van der Waals surface area contributed by atoms with Crippen molar-refractivity contribution in [3.05, 3.63) is 12.2 Å². The third-order valence-electron chi connectivity index (χ3n) is 4.52. The minimum Gasteiger partial charge on any atom is -0.458 e. The van der Waals surface area contributed by atoms with E-state index in [1.807, 2.05) is 12.2 Å². The molecule has 0 heterocycles. The quantitative estimate of drug-likeness (QED) is 0.275. The maximum Gasteiger partial charge on any atom is 0.306 e. The van der Waals surface area contributed by atoms with Gasteiger partial charge in [0.2, 0.25) is 0 Å². The minimum atomic E-state index is -0.159. The molecule has 0 saturated heterocycles. The molecular formula is C20H34O3. The average Bonchev–Trinajstić information content (AvgIpc) is 2.94. The lowest BCUT2D eigenvalue weighted by Gasteiger charge is -2.15. The van der Waals surface area contributed by atoms with Gasteiger partial charge in [0.15, 0.2) is 0 Å². The zero-order chi connectivity index (χ0) is 16.9. The number of carbonyl (C=O) groups is 2. The van der Waals surface area contributed by atoms with Gasteiger partial charge in [-0.15, -0.1) is 0 Å². The Labute approximate surface area is 141 Å². The number of Topliss-reactive ketones (excluding diaryl/α,β-unsaturated/α-hetero) is 1. The second kappa shape index (κ2) is 12.3. The fourth-order valence-corrected chi connectivity index (χ4v) is 3.02. The fourth-order valence-electron chi connectivity index (χ4n) is 3.02. The summed E-state index contributed by atoms with van der Waals surface area (Å²) in [6.07, 6.45) is 15.5. The lowest BCUT2D eigenvalue weighted by Crippen LogP contribution is -2.17. The van der Waals surface area contributed by atoms with Gasteiger partial charge in [-0.25, -0.2) is 0 Å². The van der Waals surface area contributed by atoms with Crippen LogP contribution in [0.3, 0.4) is 0 Å². The first-order chi connectivity index (χ1) is 11.2. The maximum absolute atomic E-state index is 12.0. The normalized spacial score (nSPS) is 19.4. The molecule has 1 aliphatic carbocycles. The molecule has 1 rings (SSSR count). The summed E-state index contributed by atoms with van der Waals surface area (Å²) in [5.74, 6) is 0.288. The van der Waals surface area contributed by atoms with Crippen molar-refractivity contribution >= 4 is 11.8 Å². The van der Waals surface area contributed by atoms with E-state index in [0.717, 1.165) is 51.4 Å². The monoisotopic (exact) mass is 322 g/mol. The number of unbranched alkanes of at least 4 members (excludes halogenated alkanes) is 5. The summed E-state index contributed by atoms with van der Waals surface area (Å²) in [5.41, 5.74) is 0. The van der Waals surface area contributed by atoms with E-state index in [1.54, 1.807) is 0 Å². The van der Waals surface area contributed by atoms with E-state index >= 15 is 0 Å². The van der Waals surface area contributed by atoms with E-state index in [9.17, 15) is 9.59 Å². The van der Waals surface area contributed by atoms with Crippen molar-refractivity contribution in [2.45, 2.75) is 97.0 Å². The standard InChI is InChI=1S/C20H34O3/c1-3-5-7-9-14-20(22)23-18(12-8-6-4-2)16-15-17-11-10-13-19(17)21/h15-18H,3-14H2,1-2H3. The highest BCUT2D eigenvalue weighted by atomic mass is 16.5. The molecule has 0 amide bonds. The number of carbonyl (C=O) groups excluding carboxylic acids is 2. The van der Waals surface area contributed by atoms with Crippen molar-refractivity contribution in [1.29, 1.82) is 0 Å². The maximum atomic E-state index is 12.0. The van der Waals surface area contributed by atoms with Crippen molar-refractivity contribution in [2.75, 3.05) is 0 Å². The summed E-state index contributed by atoms with van der Waals surface area (Å²) in [4.78, 5) is 23.7. The lowest BCUT2D eigenvalue weighted by atomic mass is 10.0. The average molecular weight is 322 g/mol. The van der Waals surface area contributed by atoms with Gasteiger partial charge in [-0.05, 0) is 38.2 Å². The number of hydrogen-bond acceptors (Lipinski definition) is 3. The van der Waals surface area contributed by atoms with Crippen molar-refractivity contribution in [1.82, 2.24) is 0 Å². The van der Waals surface area contributed by atoms with Crippen molar-refractivity contribution in [2.24, 2.45) is 5.92 Å². The third-order valence-corrected chi connectivity index (χ3v) is 4.52. The first-order valence-electron chi connectivity index (χ1n) is 9.57. The molecule has 1 fully saturated rings. The Bertz CT molecular complexity index is 373. The van der Waals surface area contributed by atoms with Crippen LogP contribution >= 0.6 is 0 Å². The Balaban J connectivity index is 2.42. The highest BCUT2D eigenvalue weighted by molar-refractivity contribution is 5.84. The minimum absolute atomic E-state index is 0.0481. The van der Waals surface area contributed by atoms with Crippen LogP contribution in [0.2, 0.25) is 0 Å². The lowest BCUT2D eigenvalue weighted by molar-refractivity contribution is -0.147. The number of ether oxygens (including phenoxy) is 1. The summed E-state index contributed by atoms with van der Waals surface area (Å²) in [6, 6.07) is 0. The van der Waals surface area contributed by atoms with Crippen LogP contribution in [0.4, 0.5) is 0 Å². The molecule has 132 valence electrons. The summed E-state index contributed by atoms with van der Waals surface area (Å²) in [6.45, 7) is 4.33. The summed E-state index contributed by atoms with van der Waals surface area (Å²) in [5, 5.41) is 0. The van der Waals surface area contributed by atoms with Crippen LogP contribution in [0.1, 0.15) is 90.9 Å². The third kappa shape index (κ3) is 8.92. The van der Waals surface area contributed by atoms with Crippen LogP contribution in [-0.4, -0.2) is 17.9 Å². The molecule has 0 aromatic heterocycles. The highest BCUT2D eigenvalue weighted by Crippen LogP contribution is 2.23. The van der Waals surface area contributed by atoms with Crippen LogP contribution < -0.4 is 0 Å². The Morgan fingerprint density at radius 2 is 1.91 bits per heavy atom. The van der Waals surface area contributed by atoms with Crippen molar-refractivity contribution in [3.8, 4) is 0 Å². The van der Waals surface area contributed by atoms with E-state index < -0.39 is 0 Å². The van der Waals surface area contributed by atoms with Gasteiger partial charge in [0.25, 0.3) is 0 Å². The van der Waals surface area contributed by atoms with Gasteiger partial charge in [0.1, 0.15) is 11.9 Å². The number of hydrogen-bond donors (Lipinski definition) is 0. The van der Waals surface area contributed by atoms with Crippen LogP contribution in [0.25, 0.3) is 0 Å². The fraction of sp³-hybridized carbons (Fsp3) is 0.800. The molecule has 2 unspecified atom stereocenters. The summed E-state index contributed by atoms with van der Waals surface area (Å²) < 4.78 is 5.64. The zero-order valence-electron chi connectivity index (χ0n) is 15.0. The Hall–Kier alpha value is -1.12. The molecular weight excluding hydrogens is 288 g/mol. The van der Waals surface area contributed by atoms with Crippen LogP contribution in [0, 0.1) is 5.92 Å². The predicted octanol–water partition coefficient (Wildman–Crippen LogP) is 5.37. The molecule has 2 atom stereocenters. The molecule has 0 aromatic rings. The number of ketones is 1. The van der Waals surface area contributed by atoms with Gasteiger partial charge in [0, 0.05) is 18.8 Å². The first kappa shape index (κ1) is 19.9. The molecule has 3 heteroatoms. The largest absolute Gasteiger partial charge is 0.458 e. The van der Waals surface area contributed by atoms with Gasteiger partial charge in [-0.1, -0.05) is 52.0 Å². The van der Waals surface area contributed by atoms with E-state index in [1.165, 1.54) is 12.8 Å². The number of esters is 1. The molecule has 3 nitrogen and oxygen atoms in total. The molecule has 1 saturated carbocycles.